The minimum atomic E-state index is 0.0112. The van der Waals surface area contributed by atoms with E-state index in [0.717, 1.165) is 31.6 Å². The topological polar surface area (TPSA) is 55.6 Å². The molecule has 0 saturated carbocycles. The molecule has 1 aromatic rings. The Balaban J connectivity index is 2.11. The minimum absolute atomic E-state index is 0.0112. The molecule has 1 aliphatic rings. The number of anilines is 2. The fourth-order valence-corrected chi connectivity index (χ4v) is 2.42. The Morgan fingerprint density at radius 1 is 1.39 bits per heavy atom. The number of nitrogens with two attached hydrogens (primary N) is 1. The Labute approximate surface area is 108 Å². The summed E-state index contributed by atoms with van der Waals surface area (Å²) in [5.41, 5.74) is 8.17. The predicted molar refractivity (Wildman–Crippen MR) is 73.1 cm³/mol. The number of methoxy groups -OCH3 is 1. The zero-order valence-corrected chi connectivity index (χ0v) is 11.0. The summed E-state index contributed by atoms with van der Waals surface area (Å²) >= 11 is 0. The zero-order chi connectivity index (χ0) is 13.1. The molecule has 0 radical (unpaired) electrons. The van der Waals surface area contributed by atoms with Gasteiger partial charge in [0.1, 0.15) is 0 Å². The van der Waals surface area contributed by atoms with Crippen LogP contribution in [-0.2, 0) is 4.74 Å². The van der Waals surface area contributed by atoms with Crippen molar-refractivity contribution in [3.8, 4) is 0 Å². The minimum Gasteiger partial charge on any atom is -0.398 e. The van der Waals surface area contributed by atoms with Crippen LogP contribution >= 0.6 is 0 Å². The number of hydrogen-bond donors (Lipinski definition) is 1. The summed E-state index contributed by atoms with van der Waals surface area (Å²) in [6, 6.07) is 5.68. The maximum Gasteiger partial charge on any atom is 0.161 e. The van der Waals surface area contributed by atoms with Crippen LogP contribution in [0.2, 0.25) is 0 Å². The van der Waals surface area contributed by atoms with E-state index in [9.17, 15) is 4.79 Å². The van der Waals surface area contributed by atoms with Gasteiger partial charge in [0.2, 0.25) is 0 Å². The summed E-state index contributed by atoms with van der Waals surface area (Å²) in [6.45, 7) is 3.48. The zero-order valence-electron chi connectivity index (χ0n) is 11.0. The molecule has 1 heterocycles. The van der Waals surface area contributed by atoms with Gasteiger partial charge in [-0.1, -0.05) is 0 Å². The summed E-state index contributed by atoms with van der Waals surface area (Å²) < 4.78 is 5.35. The Bertz CT molecular complexity index is 437. The van der Waals surface area contributed by atoms with E-state index in [4.69, 9.17) is 10.5 Å². The van der Waals surface area contributed by atoms with Crippen molar-refractivity contribution in [3.63, 3.8) is 0 Å². The maximum absolute atomic E-state index is 11.3. The van der Waals surface area contributed by atoms with Gasteiger partial charge in [-0.15, -0.1) is 0 Å². The van der Waals surface area contributed by atoms with E-state index in [1.54, 1.807) is 7.11 Å². The van der Waals surface area contributed by atoms with E-state index in [-0.39, 0.29) is 5.78 Å². The van der Waals surface area contributed by atoms with Gasteiger partial charge < -0.3 is 15.4 Å². The molecular formula is C14H20N2O2. The second-order valence-electron chi connectivity index (χ2n) is 4.75. The van der Waals surface area contributed by atoms with Gasteiger partial charge in [-0.25, -0.2) is 0 Å². The van der Waals surface area contributed by atoms with Crippen molar-refractivity contribution >= 4 is 17.2 Å². The van der Waals surface area contributed by atoms with Crippen molar-refractivity contribution in [2.75, 3.05) is 30.8 Å². The fourth-order valence-electron chi connectivity index (χ4n) is 2.42. The summed E-state index contributed by atoms with van der Waals surface area (Å²) in [5.74, 6) is 0.0112. The van der Waals surface area contributed by atoms with E-state index in [1.807, 2.05) is 18.2 Å². The van der Waals surface area contributed by atoms with E-state index < -0.39 is 0 Å². The van der Waals surface area contributed by atoms with E-state index >= 15 is 0 Å². The van der Waals surface area contributed by atoms with Crippen LogP contribution in [0.3, 0.4) is 0 Å². The lowest BCUT2D eigenvalue weighted by Crippen LogP contribution is -2.36. The standard InChI is InChI=1S/C14H20N2O2/c1-10(17)13-4-3-11(9-14(13)15)16-7-5-12(18-2)6-8-16/h3-4,9,12H,5-8,15H2,1-2H3. The average molecular weight is 248 g/mol. The molecule has 1 fully saturated rings. The van der Waals surface area contributed by atoms with Gasteiger partial charge in [0.15, 0.2) is 5.78 Å². The third-order valence-electron chi connectivity index (χ3n) is 3.55. The average Bonchev–Trinajstić information content (AvgIpc) is 2.38. The maximum atomic E-state index is 11.3. The number of rotatable bonds is 3. The number of hydrogen-bond acceptors (Lipinski definition) is 4. The molecule has 0 aromatic heterocycles. The molecular weight excluding hydrogens is 228 g/mol. The highest BCUT2D eigenvalue weighted by Crippen LogP contribution is 2.25. The highest BCUT2D eigenvalue weighted by Gasteiger charge is 2.19. The summed E-state index contributed by atoms with van der Waals surface area (Å²) in [5, 5.41) is 0. The molecule has 0 amide bonds. The molecule has 2 N–H and O–H groups in total. The molecule has 0 bridgehead atoms. The van der Waals surface area contributed by atoms with Crippen LogP contribution in [0.1, 0.15) is 30.1 Å². The highest BCUT2D eigenvalue weighted by atomic mass is 16.5. The van der Waals surface area contributed by atoms with Crippen LogP contribution in [0.15, 0.2) is 18.2 Å². The summed E-state index contributed by atoms with van der Waals surface area (Å²) in [4.78, 5) is 13.6. The number of nitrogen functional groups attached to an aromatic ring is 1. The molecule has 1 saturated heterocycles. The number of benzene rings is 1. The quantitative estimate of drug-likeness (QED) is 0.657. The van der Waals surface area contributed by atoms with Crippen LogP contribution in [0, 0.1) is 0 Å². The van der Waals surface area contributed by atoms with Gasteiger partial charge in [0.05, 0.1) is 6.10 Å². The number of ketones is 1. The Morgan fingerprint density at radius 2 is 2.06 bits per heavy atom. The van der Waals surface area contributed by atoms with Crippen LogP contribution in [0.25, 0.3) is 0 Å². The van der Waals surface area contributed by atoms with Crippen molar-refractivity contribution in [1.82, 2.24) is 0 Å². The SMILES string of the molecule is COC1CCN(c2ccc(C(C)=O)c(N)c2)CC1. The first-order valence-corrected chi connectivity index (χ1v) is 6.30. The second kappa shape index (κ2) is 5.40. The van der Waals surface area contributed by atoms with Crippen molar-refractivity contribution in [3.05, 3.63) is 23.8 Å². The molecule has 0 unspecified atom stereocenters. The van der Waals surface area contributed by atoms with Crippen LogP contribution in [0.5, 0.6) is 0 Å². The second-order valence-corrected chi connectivity index (χ2v) is 4.75. The van der Waals surface area contributed by atoms with Crippen molar-refractivity contribution in [2.24, 2.45) is 0 Å². The predicted octanol–water partition coefficient (Wildman–Crippen LogP) is 2.09. The van der Waals surface area contributed by atoms with E-state index in [2.05, 4.69) is 4.90 Å². The third-order valence-corrected chi connectivity index (χ3v) is 3.55. The van der Waals surface area contributed by atoms with Crippen molar-refractivity contribution in [2.45, 2.75) is 25.9 Å². The normalized spacial score (nSPS) is 16.9. The Kier molecular flexibility index (Phi) is 3.87. The van der Waals surface area contributed by atoms with Crippen LogP contribution < -0.4 is 10.6 Å². The molecule has 4 nitrogen and oxygen atoms in total. The number of carbonyl (C=O) groups is 1. The first kappa shape index (κ1) is 12.9. The summed E-state index contributed by atoms with van der Waals surface area (Å²) in [7, 11) is 1.76. The number of ether oxygens (including phenoxy) is 1. The lowest BCUT2D eigenvalue weighted by Gasteiger charge is -2.33. The molecule has 0 aliphatic carbocycles. The smallest absolute Gasteiger partial charge is 0.161 e. The van der Waals surface area contributed by atoms with Gasteiger partial charge in [0.25, 0.3) is 0 Å². The van der Waals surface area contributed by atoms with Crippen LogP contribution in [-0.4, -0.2) is 32.1 Å². The first-order chi connectivity index (χ1) is 8.61. The third kappa shape index (κ3) is 2.64. The van der Waals surface area contributed by atoms with Crippen molar-refractivity contribution < 1.29 is 9.53 Å². The molecule has 0 atom stereocenters. The largest absolute Gasteiger partial charge is 0.398 e. The number of piperidine rings is 1. The van der Waals surface area contributed by atoms with Crippen molar-refractivity contribution in [1.29, 1.82) is 0 Å². The number of nitrogens with zero attached hydrogens (tertiary/aromatic N) is 1. The number of Topliss-reactive ketones (excluding diaryl/α,β-unsaturated/α-hetero) is 1. The Hall–Kier alpha value is -1.55. The van der Waals surface area contributed by atoms with Gasteiger partial charge in [-0.2, -0.15) is 0 Å². The molecule has 18 heavy (non-hydrogen) atoms. The molecule has 1 aromatic carbocycles. The molecule has 98 valence electrons. The van der Waals surface area contributed by atoms with Crippen LogP contribution in [0.4, 0.5) is 11.4 Å². The van der Waals surface area contributed by atoms with Gasteiger partial charge in [-0.3, -0.25) is 4.79 Å². The lowest BCUT2D eigenvalue weighted by atomic mass is 10.0. The molecule has 0 spiro atoms. The van der Waals surface area contributed by atoms with Gasteiger partial charge in [0, 0.05) is 37.1 Å². The first-order valence-electron chi connectivity index (χ1n) is 6.30. The molecule has 2 rings (SSSR count). The van der Waals surface area contributed by atoms with E-state index in [0.29, 0.717) is 17.4 Å². The number of carbonyl (C=O) groups excluding carboxylic acids is 1. The van der Waals surface area contributed by atoms with E-state index in [1.165, 1.54) is 6.92 Å². The monoisotopic (exact) mass is 248 g/mol. The lowest BCUT2D eigenvalue weighted by molar-refractivity contribution is 0.0819. The molecule has 1 aliphatic heterocycles. The van der Waals surface area contributed by atoms with Gasteiger partial charge in [-0.05, 0) is 38.0 Å². The highest BCUT2D eigenvalue weighted by molar-refractivity contribution is 5.99. The summed E-state index contributed by atoms with van der Waals surface area (Å²) in [6.07, 6.45) is 2.44. The Morgan fingerprint density at radius 3 is 2.56 bits per heavy atom. The molecule has 4 heteroatoms. The van der Waals surface area contributed by atoms with Gasteiger partial charge >= 0.3 is 0 Å². The fraction of sp³-hybridized carbons (Fsp3) is 0.500.